The van der Waals surface area contributed by atoms with Crippen LogP contribution in [0.4, 0.5) is 14.6 Å². The molecule has 0 bridgehead atoms. The van der Waals surface area contributed by atoms with Gasteiger partial charge < -0.3 is 20.6 Å². The second-order valence-electron chi connectivity index (χ2n) is 10.6. The molecule has 2 aromatic rings. The van der Waals surface area contributed by atoms with Gasteiger partial charge in [-0.1, -0.05) is 19.3 Å². The van der Waals surface area contributed by atoms with Crippen LogP contribution in [-0.4, -0.2) is 69.2 Å². The lowest BCUT2D eigenvalue weighted by atomic mass is 9.95. The molecule has 202 valence electrons. The molecule has 1 aliphatic carbocycles. The maximum atomic E-state index is 15.5. The van der Waals surface area contributed by atoms with E-state index in [-0.39, 0.29) is 55.0 Å². The third kappa shape index (κ3) is 6.62. The molecule has 3 heterocycles. The molecule has 0 aromatic carbocycles. The molecule has 37 heavy (non-hydrogen) atoms. The van der Waals surface area contributed by atoms with Crippen LogP contribution in [0.1, 0.15) is 84.6 Å². The van der Waals surface area contributed by atoms with Crippen LogP contribution < -0.4 is 10.6 Å². The van der Waals surface area contributed by atoms with Crippen LogP contribution in [0.2, 0.25) is 0 Å². The molecule has 11 heteroatoms. The summed E-state index contributed by atoms with van der Waals surface area (Å²) >= 11 is 0.975. The van der Waals surface area contributed by atoms with E-state index < -0.39 is 29.4 Å². The number of hydrogen-bond donors (Lipinski definition) is 3. The Morgan fingerprint density at radius 2 is 1.86 bits per heavy atom. The number of amides is 2. The van der Waals surface area contributed by atoms with Crippen LogP contribution in [-0.2, 0) is 0 Å². The predicted octanol–water partition coefficient (Wildman–Crippen LogP) is 4.47. The number of anilines is 1. The van der Waals surface area contributed by atoms with Crippen molar-refractivity contribution in [2.75, 3.05) is 25.0 Å². The topological polar surface area (TPSA) is 107 Å². The van der Waals surface area contributed by atoms with Crippen LogP contribution in [0.15, 0.2) is 6.20 Å². The Kier molecular flexibility index (Phi) is 8.42. The highest BCUT2D eigenvalue weighted by Gasteiger charge is 2.31. The molecule has 4 rings (SSSR count). The van der Waals surface area contributed by atoms with Crippen molar-refractivity contribution in [2.24, 2.45) is 0 Å². The second kappa shape index (κ2) is 11.4. The molecule has 2 amide bonds. The lowest BCUT2D eigenvalue weighted by Gasteiger charge is -2.28. The SMILES string of the molecule is Cc1c(-c2sc(C(=O)NCC(C)(C)O)nc2C(=O)N2CCC(F)CC2)cnc(NC2CCCCC2)c1F. The third-order valence-corrected chi connectivity index (χ3v) is 7.96. The van der Waals surface area contributed by atoms with Gasteiger partial charge in [-0.05, 0) is 52.0 Å². The minimum Gasteiger partial charge on any atom is -0.389 e. The normalized spacial score (nSPS) is 17.6. The number of halogens is 2. The first-order valence-corrected chi connectivity index (χ1v) is 13.7. The minimum atomic E-state index is -1.13. The maximum absolute atomic E-state index is 15.5. The Balaban J connectivity index is 1.67. The Bertz CT molecular complexity index is 1140. The minimum absolute atomic E-state index is 0.00914. The van der Waals surface area contributed by atoms with Crippen molar-refractivity contribution in [2.45, 2.75) is 83.5 Å². The van der Waals surface area contributed by atoms with Gasteiger partial charge in [-0.2, -0.15) is 0 Å². The molecule has 0 spiro atoms. The number of carbonyl (C=O) groups excluding carboxylic acids is 2. The number of aliphatic hydroxyl groups is 1. The highest BCUT2D eigenvalue weighted by atomic mass is 32.1. The Morgan fingerprint density at radius 3 is 2.51 bits per heavy atom. The second-order valence-corrected chi connectivity index (χ2v) is 11.6. The number of thiazole rings is 1. The van der Waals surface area contributed by atoms with E-state index in [0.29, 0.717) is 16.0 Å². The lowest BCUT2D eigenvalue weighted by Crippen LogP contribution is -2.39. The summed E-state index contributed by atoms with van der Waals surface area (Å²) in [4.78, 5) is 36.8. The Morgan fingerprint density at radius 1 is 1.19 bits per heavy atom. The third-order valence-electron chi connectivity index (χ3n) is 6.87. The zero-order chi connectivity index (χ0) is 26.7. The fourth-order valence-electron chi connectivity index (χ4n) is 4.67. The van der Waals surface area contributed by atoms with Gasteiger partial charge in [-0.15, -0.1) is 11.3 Å². The molecule has 2 aliphatic rings. The van der Waals surface area contributed by atoms with Gasteiger partial charge >= 0.3 is 0 Å². The summed E-state index contributed by atoms with van der Waals surface area (Å²) in [5, 5.41) is 15.8. The monoisotopic (exact) mass is 535 g/mol. The van der Waals surface area contributed by atoms with Gasteiger partial charge in [0.1, 0.15) is 11.9 Å². The summed E-state index contributed by atoms with van der Waals surface area (Å²) in [6.45, 7) is 5.22. The molecular formula is C26H35F2N5O3S. The first kappa shape index (κ1) is 27.4. The number of pyridine rings is 1. The van der Waals surface area contributed by atoms with Gasteiger partial charge in [0.25, 0.3) is 11.8 Å². The van der Waals surface area contributed by atoms with Gasteiger partial charge in [0, 0.05) is 37.4 Å². The fraction of sp³-hybridized carbons (Fsp3) is 0.615. The van der Waals surface area contributed by atoms with Gasteiger partial charge in [0.2, 0.25) is 0 Å². The predicted molar refractivity (Wildman–Crippen MR) is 139 cm³/mol. The van der Waals surface area contributed by atoms with E-state index in [1.54, 1.807) is 20.8 Å². The van der Waals surface area contributed by atoms with Crippen LogP contribution >= 0.6 is 11.3 Å². The smallest absolute Gasteiger partial charge is 0.280 e. The largest absolute Gasteiger partial charge is 0.389 e. The zero-order valence-corrected chi connectivity index (χ0v) is 22.4. The first-order chi connectivity index (χ1) is 17.5. The van der Waals surface area contributed by atoms with Gasteiger partial charge in [0.05, 0.1) is 10.5 Å². The van der Waals surface area contributed by atoms with Crippen LogP contribution in [0.5, 0.6) is 0 Å². The molecule has 1 saturated heterocycles. The average Bonchev–Trinajstić information content (AvgIpc) is 3.31. The number of nitrogens with one attached hydrogen (secondary N) is 2. The summed E-state index contributed by atoms with van der Waals surface area (Å²) in [6.07, 6.45) is 6.35. The summed E-state index contributed by atoms with van der Waals surface area (Å²) in [6, 6.07) is 0.172. The van der Waals surface area contributed by atoms with Crippen molar-refractivity contribution in [3.05, 3.63) is 28.3 Å². The lowest BCUT2D eigenvalue weighted by molar-refractivity contribution is 0.0660. The fourth-order valence-corrected chi connectivity index (χ4v) is 5.71. The van der Waals surface area contributed by atoms with Crippen molar-refractivity contribution in [3.63, 3.8) is 0 Å². The van der Waals surface area contributed by atoms with Crippen molar-refractivity contribution < 1.29 is 23.5 Å². The van der Waals surface area contributed by atoms with E-state index in [0.717, 1.165) is 37.0 Å². The van der Waals surface area contributed by atoms with E-state index in [2.05, 4.69) is 20.6 Å². The first-order valence-electron chi connectivity index (χ1n) is 12.9. The maximum Gasteiger partial charge on any atom is 0.280 e. The van der Waals surface area contributed by atoms with E-state index in [1.165, 1.54) is 17.5 Å². The van der Waals surface area contributed by atoms with Crippen molar-refractivity contribution >= 4 is 29.0 Å². The van der Waals surface area contributed by atoms with Gasteiger partial charge in [-0.25, -0.2) is 18.7 Å². The number of likely N-dealkylation sites (tertiary alicyclic amines) is 1. The highest BCUT2D eigenvalue weighted by Crippen LogP contribution is 2.36. The summed E-state index contributed by atoms with van der Waals surface area (Å²) in [7, 11) is 0. The van der Waals surface area contributed by atoms with Crippen molar-refractivity contribution in [1.29, 1.82) is 0 Å². The number of carbonyl (C=O) groups is 2. The number of aromatic nitrogens is 2. The molecular weight excluding hydrogens is 500 g/mol. The van der Waals surface area contributed by atoms with E-state index in [9.17, 15) is 19.1 Å². The Labute approximate surface area is 219 Å². The van der Waals surface area contributed by atoms with Crippen molar-refractivity contribution in [1.82, 2.24) is 20.2 Å². The van der Waals surface area contributed by atoms with Crippen LogP contribution in [0.25, 0.3) is 10.4 Å². The van der Waals surface area contributed by atoms with Crippen molar-refractivity contribution in [3.8, 4) is 10.4 Å². The number of rotatable bonds is 7. The van der Waals surface area contributed by atoms with E-state index >= 15 is 4.39 Å². The molecule has 0 radical (unpaired) electrons. The molecule has 0 unspecified atom stereocenters. The van der Waals surface area contributed by atoms with Crippen LogP contribution in [0, 0.1) is 12.7 Å². The molecule has 3 N–H and O–H groups in total. The number of nitrogens with zero attached hydrogens (tertiary/aromatic N) is 3. The van der Waals surface area contributed by atoms with E-state index in [1.807, 2.05) is 0 Å². The summed E-state index contributed by atoms with van der Waals surface area (Å²) in [5.74, 6) is -1.29. The standard InChI is InChI=1S/C26H35F2N5O3S/c1-15-18(13-29-22(19(15)28)31-17-7-5-4-6-8-17)21-20(25(35)33-11-9-16(27)10-12-33)32-24(37-21)23(34)30-14-26(2,3)36/h13,16-17,36H,4-12,14H2,1-3H3,(H,29,31)(H,30,34). The summed E-state index contributed by atoms with van der Waals surface area (Å²) < 4.78 is 29.1. The molecule has 2 fully saturated rings. The van der Waals surface area contributed by atoms with Crippen LogP contribution in [0.3, 0.4) is 0 Å². The van der Waals surface area contributed by atoms with Gasteiger partial charge in [0.15, 0.2) is 16.6 Å². The number of alkyl halides is 1. The molecule has 8 nitrogen and oxygen atoms in total. The molecule has 1 aliphatic heterocycles. The average molecular weight is 536 g/mol. The van der Waals surface area contributed by atoms with Gasteiger partial charge in [-0.3, -0.25) is 9.59 Å². The zero-order valence-electron chi connectivity index (χ0n) is 21.6. The van der Waals surface area contributed by atoms with E-state index in [4.69, 9.17) is 0 Å². The quantitative estimate of drug-likeness (QED) is 0.483. The Hall–Kier alpha value is -2.66. The molecule has 1 saturated carbocycles. The number of hydrogen-bond acceptors (Lipinski definition) is 7. The highest BCUT2D eigenvalue weighted by molar-refractivity contribution is 7.17. The number of piperidine rings is 1. The molecule has 2 aromatic heterocycles. The summed E-state index contributed by atoms with van der Waals surface area (Å²) in [5.41, 5.74) is -0.421. The molecule has 0 atom stereocenters.